The third-order valence-electron chi connectivity index (χ3n) is 4.56. The van der Waals surface area contributed by atoms with Gasteiger partial charge in [0.2, 0.25) is 0 Å². The van der Waals surface area contributed by atoms with Crippen molar-refractivity contribution in [1.29, 1.82) is 0 Å². The Morgan fingerprint density at radius 2 is 1.76 bits per heavy atom. The lowest BCUT2D eigenvalue weighted by Gasteiger charge is -2.11. The van der Waals surface area contributed by atoms with Gasteiger partial charge in [0.1, 0.15) is 23.0 Å². The van der Waals surface area contributed by atoms with Crippen molar-refractivity contribution in [2.24, 2.45) is 0 Å². The van der Waals surface area contributed by atoms with Crippen molar-refractivity contribution in [3.05, 3.63) is 89.0 Å². The summed E-state index contributed by atoms with van der Waals surface area (Å²) in [5.74, 6) is -1.64. The van der Waals surface area contributed by atoms with Gasteiger partial charge in [0.15, 0.2) is 0 Å². The highest BCUT2D eigenvalue weighted by atomic mass is 19.4. The fourth-order valence-electron chi connectivity index (χ4n) is 2.93. The average Bonchev–Trinajstić information content (AvgIpc) is 2.78. The molecule has 2 aromatic carbocycles. The van der Waals surface area contributed by atoms with Crippen molar-refractivity contribution >= 4 is 11.8 Å². The van der Waals surface area contributed by atoms with Crippen LogP contribution in [0.2, 0.25) is 0 Å². The van der Waals surface area contributed by atoms with Crippen molar-refractivity contribution in [1.82, 2.24) is 15.6 Å². The van der Waals surface area contributed by atoms with E-state index in [1.165, 1.54) is 19.3 Å². The fourth-order valence-corrected chi connectivity index (χ4v) is 2.93. The number of amides is 2. The zero-order valence-corrected chi connectivity index (χ0v) is 17.4. The van der Waals surface area contributed by atoms with Gasteiger partial charge in [-0.1, -0.05) is 12.1 Å². The predicted octanol–water partition coefficient (Wildman–Crippen LogP) is 4.36. The number of carbonyl (C=O) groups is 2. The molecule has 33 heavy (non-hydrogen) atoms. The number of nitrogens with zero attached hydrogens (tertiary/aromatic N) is 1. The highest BCUT2D eigenvalue weighted by Gasteiger charge is 2.34. The Morgan fingerprint density at radius 3 is 2.48 bits per heavy atom. The average molecular weight is 461 g/mol. The fraction of sp³-hybridized carbons (Fsp3) is 0.174. The van der Waals surface area contributed by atoms with Gasteiger partial charge in [-0.05, 0) is 48.4 Å². The first kappa shape index (κ1) is 23.7. The molecule has 2 amide bonds. The Kier molecular flexibility index (Phi) is 7.27. The van der Waals surface area contributed by atoms with Crippen molar-refractivity contribution in [2.75, 3.05) is 13.6 Å². The van der Waals surface area contributed by atoms with E-state index in [-0.39, 0.29) is 23.7 Å². The number of carbonyl (C=O) groups excluding carboxylic acids is 2. The summed E-state index contributed by atoms with van der Waals surface area (Å²) in [6.45, 7) is 0.136. The lowest BCUT2D eigenvalue weighted by atomic mass is 10.1. The Labute approximate surface area is 186 Å². The minimum absolute atomic E-state index is 0.136. The maximum absolute atomic E-state index is 13.4. The van der Waals surface area contributed by atoms with E-state index in [4.69, 9.17) is 4.74 Å². The number of rotatable bonds is 7. The first-order chi connectivity index (χ1) is 15.7. The highest BCUT2D eigenvalue weighted by molar-refractivity contribution is 5.94. The molecule has 1 aromatic heterocycles. The number of benzene rings is 2. The standard InChI is InChI=1S/C23H19F4N3O3/c1-28-22(32)20-13-17(8-10-29-20)33-16-4-2-3-14(11-16)7-9-30-21(31)15-5-6-19(24)18(12-15)23(25,26)27/h2-6,8,10-13H,7,9H2,1H3,(H,28,32)(H,30,31). The second-order valence-corrected chi connectivity index (χ2v) is 6.90. The van der Waals surface area contributed by atoms with Crippen molar-refractivity contribution in [2.45, 2.75) is 12.6 Å². The summed E-state index contributed by atoms with van der Waals surface area (Å²) in [4.78, 5) is 27.8. The van der Waals surface area contributed by atoms with Crippen LogP contribution >= 0.6 is 0 Å². The molecule has 3 rings (SSSR count). The molecular weight excluding hydrogens is 442 g/mol. The maximum Gasteiger partial charge on any atom is 0.419 e. The number of pyridine rings is 1. The normalized spacial score (nSPS) is 11.1. The van der Waals surface area contributed by atoms with E-state index >= 15 is 0 Å². The number of nitrogens with one attached hydrogen (secondary N) is 2. The third kappa shape index (κ3) is 6.28. The number of aromatic nitrogens is 1. The van der Waals surface area contributed by atoms with Crippen LogP contribution in [-0.2, 0) is 12.6 Å². The van der Waals surface area contributed by atoms with E-state index in [0.717, 1.165) is 11.6 Å². The molecule has 0 fully saturated rings. The summed E-state index contributed by atoms with van der Waals surface area (Å²) in [7, 11) is 1.49. The van der Waals surface area contributed by atoms with Crippen LogP contribution in [0.5, 0.6) is 11.5 Å². The molecule has 0 aliphatic rings. The van der Waals surface area contributed by atoms with Gasteiger partial charge in [0, 0.05) is 31.4 Å². The molecule has 1 heterocycles. The molecule has 0 saturated heterocycles. The number of ether oxygens (including phenoxy) is 1. The minimum Gasteiger partial charge on any atom is -0.457 e. The molecule has 10 heteroatoms. The van der Waals surface area contributed by atoms with E-state index in [2.05, 4.69) is 15.6 Å². The molecule has 172 valence electrons. The monoisotopic (exact) mass is 461 g/mol. The summed E-state index contributed by atoms with van der Waals surface area (Å²) in [6.07, 6.45) is -3.08. The van der Waals surface area contributed by atoms with Crippen molar-refractivity contribution in [3.63, 3.8) is 0 Å². The van der Waals surface area contributed by atoms with Crippen LogP contribution in [0.25, 0.3) is 0 Å². The molecule has 0 aliphatic heterocycles. The van der Waals surface area contributed by atoms with Crippen LogP contribution in [0, 0.1) is 5.82 Å². The topological polar surface area (TPSA) is 80.3 Å². The molecule has 0 bridgehead atoms. The highest BCUT2D eigenvalue weighted by Crippen LogP contribution is 2.32. The maximum atomic E-state index is 13.4. The van der Waals surface area contributed by atoms with Crippen LogP contribution in [0.15, 0.2) is 60.8 Å². The zero-order chi connectivity index (χ0) is 24.0. The second kappa shape index (κ2) is 10.1. The molecule has 0 radical (unpaired) electrons. The second-order valence-electron chi connectivity index (χ2n) is 6.90. The molecule has 3 aromatic rings. The van der Waals surface area contributed by atoms with E-state index in [1.54, 1.807) is 30.3 Å². The van der Waals surface area contributed by atoms with E-state index in [9.17, 15) is 27.2 Å². The van der Waals surface area contributed by atoms with Crippen LogP contribution < -0.4 is 15.4 Å². The number of halogens is 4. The van der Waals surface area contributed by atoms with Gasteiger partial charge < -0.3 is 15.4 Å². The summed E-state index contributed by atoms with van der Waals surface area (Å²) < 4.78 is 57.6. The third-order valence-corrected chi connectivity index (χ3v) is 4.56. The zero-order valence-electron chi connectivity index (χ0n) is 17.4. The molecule has 0 unspecified atom stereocenters. The summed E-state index contributed by atoms with van der Waals surface area (Å²) >= 11 is 0. The van der Waals surface area contributed by atoms with Crippen LogP contribution in [0.1, 0.15) is 32.0 Å². The molecule has 0 atom stereocenters. The Morgan fingerprint density at radius 1 is 1.00 bits per heavy atom. The minimum atomic E-state index is -4.89. The molecular formula is C23H19F4N3O3. The van der Waals surface area contributed by atoms with Crippen LogP contribution in [-0.4, -0.2) is 30.4 Å². The van der Waals surface area contributed by atoms with Crippen LogP contribution in [0.4, 0.5) is 17.6 Å². The Hall–Kier alpha value is -3.95. The summed E-state index contributed by atoms with van der Waals surface area (Å²) in [5, 5.41) is 4.99. The molecule has 6 nitrogen and oxygen atoms in total. The molecule has 0 aliphatic carbocycles. The smallest absolute Gasteiger partial charge is 0.419 e. The largest absolute Gasteiger partial charge is 0.457 e. The summed E-state index contributed by atoms with van der Waals surface area (Å²) in [6, 6.07) is 12.2. The van der Waals surface area contributed by atoms with Gasteiger partial charge >= 0.3 is 6.18 Å². The molecule has 0 saturated carbocycles. The quantitative estimate of drug-likeness (QED) is 0.513. The lowest BCUT2D eigenvalue weighted by molar-refractivity contribution is -0.140. The molecule has 2 N–H and O–H groups in total. The first-order valence-corrected chi connectivity index (χ1v) is 9.77. The van der Waals surface area contributed by atoms with Crippen LogP contribution in [0.3, 0.4) is 0 Å². The van der Waals surface area contributed by atoms with Gasteiger partial charge in [-0.3, -0.25) is 14.6 Å². The Balaban J connectivity index is 1.61. The van der Waals surface area contributed by atoms with Gasteiger partial charge in [0.25, 0.3) is 11.8 Å². The number of hydrogen-bond donors (Lipinski definition) is 2. The first-order valence-electron chi connectivity index (χ1n) is 9.77. The van der Waals surface area contributed by atoms with Gasteiger partial charge in [-0.15, -0.1) is 0 Å². The Bertz CT molecular complexity index is 1170. The molecule has 0 spiro atoms. The van der Waals surface area contributed by atoms with Gasteiger partial charge in [-0.2, -0.15) is 13.2 Å². The lowest BCUT2D eigenvalue weighted by Crippen LogP contribution is -2.26. The van der Waals surface area contributed by atoms with Crippen molar-refractivity contribution < 1.29 is 31.9 Å². The SMILES string of the molecule is CNC(=O)c1cc(Oc2cccc(CCNC(=O)c3ccc(F)c(C(F)(F)F)c3)c2)ccn1. The van der Waals surface area contributed by atoms with Gasteiger partial charge in [-0.25, -0.2) is 4.39 Å². The predicted molar refractivity (Wildman–Crippen MR) is 112 cm³/mol. The number of alkyl halides is 3. The van der Waals surface area contributed by atoms with E-state index < -0.39 is 23.5 Å². The van der Waals surface area contributed by atoms with E-state index in [0.29, 0.717) is 30.1 Å². The summed E-state index contributed by atoms with van der Waals surface area (Å²) in [5.41, 5.74) is -0.784. The van der Waals surface area contributed by atoms with Gasteiger partial charge in [0.05, 0.1) is 5.56 Å². The van der Waals surface area contributed by atoms with E-state index in [1.807, 2.05) is 0 Å². The number of hydrogen-bond acceptors (Lipinski definition) is 4. The van der Waals surface area contributed by atoms with Crippen molar-refractivity contribution in [3.8, 4) is 11.5 Å².